The first-order valence-corrected chi connectivity index (χ1v) is 3.60. The molecule has 0 aliphatic carbocycles. The highest BCUT2D eigenvalue weighted by atomic mass is 16.6. The summed E-state index contributed by atoms with van der Waals surface area (Å²) in [5, 5.41) is 8.67. The Morgan fingerprint density at radius 3 is 2.58 bits per heavy atom. The molecule has 1 aliphatic rings. The molecule has 1 heterocycles. The highest BCUT2D eigenvalue weighted by Crippen LogP contribution is 2.19. The lowest BCUT2D eigenvalue weighted by Crippen LogP contribution is -2.38. The van der Waals surface area contributed by atoms with Gasteiger partial charge in [-0.3, -0.25) is 0 Å². The van der Waals surface area contributed by atoms with Gasteiger partial charge in [0.25, 0.3) is 0 Å². The van der Waals surface area contributed by atoms with Crippen LogP contribution in [0.15, 0.2) is 0 Å². The average Bonchev–Trinajstić information content (AvgIpc) is 2.46. The second-order valence-corrected chi connectivity index (χ2v) is 2.57. The quantitative estimate of drug-likeness (QED) is 0.628. The van der Waals surface area contributed by atoms with E-state index in [1.165, 1.54) is 14.2 Å². The van der Waals surface area contributed by atoms with Crippen molar-refractivity contribution >= 4 is 5.97 Å². The van der Waals surface area contributed by atoms with Crippen LogP contribution in [-0.4, -0.2) is 50.2 Å². The minimum atomic E-state index is -1.01. The van der Waals surface area contributed by atoms with Crippen molar-refractivity contribution in [2.75, 3.05) is 20.8 Å². The Hall–Kier alpha value is -0.650. The summed E-state index contributed by atoms with van der Waals surface area (Å²) in [4.78, 5) is 10.6. The van der Waals surface area contributed by atoms with Crippen molar-refractivity contribution in [3.8, 4) is 0 Å². The van der Waals surface area contributed by atoms with Crippen molar-refractivity contribution in [1.82, 2.24) is 0 Å². The van der Waals surface area contributed by atoms with E-state index in [1.807, 2.05) is 0 Å². The lowest BCUT2D eigenvalue weighted by molar-refractivity contribution is -0.152. The summed E-state index contributed by atoms with van der Waals surface area (Å²) in [5.41, 5.74) is 0. The lowest BCUT2D eigenvalue weighted by atomic mass is 10.1. The number of carboxylic acids is 1. The van der Waals surface area contributed by atoms with Crippen molar-refractivity contribution in [1.29, 1.82) is 0 Å². The number of ether oxygens (including phenoxy) is 3. The average molecular weight is 176 g/mol. The molecule has 5 heteroatoms. The summed E-state index contributed by atoms with van der Waals surface area (Å²) in [5.74, 6) is -1.01. The Labute approximate surface area is 70.2 Å². The van der Waals surface area contributed by atoms with Crippen LogP contribution < -0.4 is 0 Å². The van der Waals surface area contributed by atoms with E-state index in [0.717, 1.165) is 0 Å². The summed E-state index contributed by atoms with van der Waals surface area (Å²) >= 11 is 0. The van der Waals surface area contributed by atoms with Gasteiger partial charge in [0.1, 0.15) is 12.2 Å². The van der Waals surface area contributed by atoms with E-state index in [0.29, 0.717) is 0 Å². The molecule has 3 atom stereocenters. The molecule has 0 aromatic heterocycles. The van der Waals surface area contributed by atoms with Crippen LogP contribution in [0, 0.1) is 0 Å². The summed E-state index contributed by atoms with van der Waals surface area (Å²) in [7, 11) is 2.95. The molecule has 0 saturated carbocycles. The van der Waals surface area contributed by atoms with E-state index in [9.17, 15) is 4.79 Å². The molecule has 0 aromatic carbocycles. The van der Waals surface area contributed by atoms with Gasteiger partial charge in [0.2, 0.25) is 0 Å². The van der Waals surface area contributed by atoms with E-state index in [2.05, 4.69) is 0 Å². The molecule has 0 spiro atoms. The first kappa shape index (κ1) is 9.44. The van der Waals surface area contributed by atoms with Gasteiger partial charge in [0.15, 0.2) is 6.10 Å². The minimum absolute atomic E-state index is 0.270. The monoisotopic (exact) mass is 176 g/mol. The molecular formula is C7H12O5. The van der Waals surface area contributed by atoms with Gasteiger partial charge in [-0.2, -0.15) is 0 Å². The van der Waals surface area contributed by atoms with Crippen LogP contribution in [0.4, 0.5) is 0 Å². The fourth-order valence-electron chi connectivity index (χ4n) is 1.27. The molecule has 1 aliphatic heterocycles. The van der Waals surface area contributed by atoms with Crippen LogP contribution in [0.3, 0.4) is 0 Å². The number of hydrogen-bond acceptors (Lipinski definition) is 4. The molecule has 1 N–H and O–H groups in total. The molecular weight excluding hydrogens is 164 g/mol. The molecule has 70 valence electrons. The summed E-state index contributed by atoms with van der Waals surface area (Å²) in [6, 6.07) is 0. The maximum absolute atomic E-state index is 10.6. The van der Waals surface area contributed by atoms with Gasteiger partial charge >= 0.3 is 5.97 Å². The first-order valence-electron chi connectivity index (χ1n) is 3.60. The van der Waals surface area contributed by atoms with Crippen LogP contribution in [-0.2, 0) is 19.0 Å². The molecule has 0 radical (unpaired) electrons. The van der Waals surface area contributed by atoms with Gasteiger partial charge in [-0.05, 0) is 0 Å². The van der Waals surface area contributed by atoms with Crippen LogP contribution in [0.5, 0.6) is 0 Å². The Morgan fingerprint density at radius 1 is 1.50 bits per heavy atom. The number of hydrogen-bond donors (Lipinski definition) is 1. The molecule has 12 heavy (non-hydrogen) atoms. The molecule has 1 saturated heterocycles. The van der Waals surface area contributed by atoms with Crippen molar-refractivity contribution in [2.45, 2.75) is 18.3 Å². The number of methoxy groups -OCH3 is 2. The van der Waals surface area contributed by atoms with Crippen molar-refractivity contribution in [2.24, 2.45) is 0 Å². The van der Waals surface area contributed by atoms with Crippen LogP contribution in [0.1, 0.15) is 0 Å². The standard InChI is InChI=1S/C7H12O5/c1-10-4-3-12-6(7(8)9)5(4)11-2/h4-6H,3H2,1-2H3,(H,8,9)/t4-,5+,6-/m0/s1. The zero-order valence-corrected chi connectivity index (χ0v) is 7.02. The van der Waals surface area contributed by atoms with Gasteiger partial charge in [-0.15, -0.1) is 0 Å². The van der Waals surface area contributed by atoms with Crippen molar-refractivity contribution in [3.05, 3.63) is 0 Å². The molecule has 0 unspecified atom stereocenters. The Balaban J connectivity index is 2.62. The molecule has 1 rings (SSSR count). The predicted octanol–water partition coefficient (Wildman–Crippen LogP) is -0.500. The summed E-state index contributed by atoms with van der Waals surface area (Å²) in [6.07, 6.45) is -1.69. The van der Waals surface area contributed by atoms with Crippen LogP contribution >= 0.6 is 0 Å². The number of carboxylic acid groups (broad SMARTS) is 1. The van der Waals surface area contributed by atoms with E-state index in [4.69, 9.17) is 19.3 Å². The van der Waals surface area contributed by atoms with Gasteiger partial charge < -0.3 is 19.3 Å². The second-order valence-electron chi connectivity index (χ2n) is 2.57. The smallest absolute Gasteiger partial charge is 0.335 e. The summed E-state index contributed by atoms with van der Waals surface area (Å²) < 4.78 is 14.9. The van der Waals surface area contributed by atoms with Crippen molar-refractivity contribution in [3.63, 3.8) is 0 Å². The predicted molar refractivity (Wildman–Crippen MR) is 39.0 cm³/mol. The molecule has 1 fully saturated rings. The summed E-state index contributed by atoms with van der Waals surface area (Å²) in [6.45, 7) is 0.270. The van der Waals surface area contributed by atoms with Crippen LogP contribution in [0.2, 0.25) is 0 Å². The highest BCUT2D eigenvalue weighted by Gasteiger charge is 2.42. The molecule has 0 bridgehead atoms. The van der Waals surface area contributed by atoms with Gasteiger partial charge in [-0.1, -0.05) is 0 Å². The third-order valence-corrected chi connectivity index (χ3v) is 1.92. The number of aliphatic carboxylic acids is 1. The maximum Gasteiger partial charge on any atom is 0.335 e. The Morgan fingerprint density at radius 2 is 2.17 bits per heavy atom. The van der Waals surface area contributed by atoms with E-state index in [1.54, 1.807) is 0 Å². The SMILES string of the molecule is CO[C@@H]1[C@@H](OC)CO[C@@H]1C(=O)O. The third kappa shape index (κ3) is 1.57. The third-order valence-electron chi connectivity index (χ3n) is 1.92. The minimum Gasteiger partial charge on any atom is -0.479 e. The zero-order valence-electron chi connectivity index (χ0n) is 7.02. The largest absolute Gasteiger partial charge is 0.479 e. The lowest BCUT2D eigenvalue weighted by Gasteiger charge is -2.17. The highest BCUT2D eigenvalue weighted by molar-refractivity contribution is 5.73. The fourth-order valence-corrected chi connectivity index (χ4v) is 1.27. The number of rotatable bonds is 3. The number of carbonyl (C=O) groups is 1. The van der Waals surface area contributed by atoms with Crippen LogP contribution in [0.25, 0.3) is 0 Å². The molecule has 0 amide bonds. The van der Waals surface area contributed by atoms with Gasteiger partial charge in [0, 0.05) is 14.2 Å². The van der Waals surface area contributed by atoms with Crippen molar-refractivity contribution < 1.29 is 24.1 Å². The second kappa shape index (κ2) is 3.84. The van der Waals surface area contributed by atoms with Gasteiger partial charge in [-0.25, -0.2) is 4.79 Å². The molecule has 0 aromatic rings. The normalized spacial score (nSPS) is 35.3. The zero-order chi connectivity index (χ0) is 9.14. The maximum atomic E-state index is 10.6. The topological polar surface area (TPSA) is 65.0 Å². The van der Waals surface area contributed by atoms with E-state index < -0.39 is 18.2 Å². The van der Waals surface area contributed by atoms with E-state index in [-0.39, 0.29) is 12.7 Å². The first-order chi connectivity index (χ1) is 5.70. The Bertz CT molecular complexity index is 169. The fraction of sp³-hybridized carbons (Fsp3) is 0.857. The van der Waals surface area contributed by atoms with E-state index >= 15 is 0 Å². The van der Waals surface area contributed by atoms with Gasteiger partial charge in [0.05, 0.1) is 6.61 Å². The molecule has 5 nitrogen and oxygen atoms in total. The Kier molecular flexibility index (Phi) is 3.02.